The van der Waals surface area contributed by atoms with Gasteiger partial charge in [0.15, 0.2) is 5.11 Å². The van der Waals surface area contributed by atoms with Gasteiger partial charge in [0.1, 0.15) is 0 Å². The molecule has 1 aliphatic rings. The average Bonchev–Trinajstić information content (AvgIpc) is 2.49. The summed E-state index contributed by atoms with van der Waals surface area (Å²) >= 11 is 5.32. The van der Waals surface area contributed by atoms with Gasteiger partial charge in [0.25, 0.3) is 0 Å². The number of esters is 1. The number of carbonyl (C=O) groups excluding carboxylic acids is 1. The lowest BCUT2D eigenvalue weighted by molar-refractivity contribution is 0.0601. The molecule has 0 spiro atoms. The van der Waals surface area contributed by atoms with Gasteiger partial charge in [-0.2, -0.15) is 0 Å². The predicted octanol–water partition coefficient (Wildman–Crippen LogP) is 2.67. The Morgan fingerprint density at radius 3 is 2.71 bits per heavy atom. The maximum atomic E-state index is 11.5. The molecule has 114 valence electrons. The normalized spacial score (nSPS) is 15.3. The van der Waals surface area contributed by atoms with E-state index < -0.39 is 5.97 Å². The number of carbonyl (C=O) groups is 1. The molecule has 0 aliphatic heterocycles. The van der Waals surface area contributed by atoms with Gasteiger partial charge in [-0.3, -0.25) is 0 Å². The maximum Gasteiger partial charge on any atom is 0.337 e. The molecule has 0 saturated heterocycles. The van der Waals surface area contributed by atoms with Gasteiger partial charge in [-0.05, 0) is 43.3 Å². The second kappa shape index (κ2) is 7.26. The quantitative estimate of drug-likeness (QED) is 0.453. The summed E-state index contributed by atoms with van der Waals surface area (Å²) < 4.78 is 4.70. The first-order chi connectivity index (χ1) is 10.1. The van der Waals surface area contributed by atoms with E-state index in [9.17, 15) is 4.79 Å². The van der Waals surface area contributed by atoms with Crippen LogP contribution in [0.2, 0.25) is 0 Å². The third kappa shape index (κ3) is 4.32. The number of anilines is 2. The molecule has 1 aromatic rings. The largest absolute Gasteiger partial charge is 0.465 e. The van der Waals surface area contributed by atoms with Crippen LogP contribution in [0.25, 0.3) is 0 Å². The van der Waals surface area contributed by atoms with E-state index in [1.807, 2.05) is 0 Å². The molecule has 21 heavy (non-hydrogen) atoms. The van der Waals surface area contributed by atoms with Crippen LogP contribution in [0.15, 0.2) is 18.2 Å². The minimum atomic E-state index is -0.399. The van der Waals surface area contributed by atoms with Gasteiger partial charge >= 0.3 is 5.97 Å². The number of benzene rings is 1. The number of rotatable bonds is 3. The number of thiocarbonyl (C=S) groups is 1. The SMILES string of the molecule is COC(=O)c1ccc(N)c(NC(=S)NC2CCCCC2)c1. The van der Waals surface area contributed by atoms with Crippen molar-refractivity contribution >= 4 is 34.7 Å². The van der Waals surface area contributed by atoms with Crippen molar-refractivity contribution in [2.45, 2.75) is 38.1 Å². The van der Waals surface area contributed by atoms with Crippen molar-refractivity contribution < 1.29 is 9.53 Å². The molecule has 1 aliphatic carbocycles. The van der Waals surface area contributed by atoms with E-state index in [-0.39, 0.29) is 0 Å². The molecule has 6 heteroatoms. The van der Waals surface area contributed by atoms with Gasteiger partial charge in [0.2, 0.25) is 0 Å². The Morgan fingerprint density at radius 1 is 1.33 bits per heavy atom. The van der Waals surface area contributed by atoms with Gasteiger partial charge in [-0.1, -0.05) is 19.3 Å². The van der Waals surface area contributed by atoms with Crippen LogP contribution >= 0.6 is 12.2 Å². The average molecular weight is 307 g/mol. The first-order valence-electron chi connectivity index (χ1n) is 7.15. The van der Waals surface area contributed by atoms with Crippen molar-refractivity contribution in [3.8, 4) is 0 Å². The van der Waals surface area contributed by atoms with Crippen LogP contribution in [0.4, 0.5) is 11.4 Å². The van der Waals surface area contributed by atoms with Crippen molar-refractivity contribution in [2.75, 3.05) is 18.2 Å². The fraction of sp³-hybridized carbons (Fsp3) is 0.467. The van der Waals surface area contributed by atoms with E-state index in [1.54, 1.807) is 18.2 Å². The molecule has 0 atom stereocenters. The van der Waals surface area contributed by atoms with E-state index in [1.165, 1.54) is 26.4 Å². The molecular formula is C15H21N3O2S. The highest BCUT2D eigenvalue weighted by Crippen LogP contribution is 2.21. The summed E-state index contributed by atoms with van der Waals surface area (Å²) in [5.74, 6) is -0.399. The summed E-state index contributed by atoms with van der Waals surface area (Å²) in [5.41, 5.74) is 7.50. The van der Waals surface area contributed by atoms with Gasteiger partial charge in [0, 0.05) is 6.04 Å². The molecule has 1 aromatic carbocycles. The number of nitrogen functional groups attached to an aromatic ring is 1. The number of nitrogens with two attached hydrogens (primary N) is 1. The Bertz CT molecular complexity index is 528. The summed E-state index contributed by atoms with van der Waals surface area (Å²) in [6, 6.07) is 5.36. The first kappa shape index (κ1) is 15.6. The summed E-state index contributed by atoms with van der Waals surface area (Å²) in [7, 11) is 1.35. The third-order valence-electron chi connectivity index (χ3n) is 3.66. The van der Waals surface area contributed by atoms with E-state index >= 15 is 0 Å². The smallest absolute Gasteiger partial charge is 0.337 e. The van der Waals surface area contributed by atoms with Crippen molar-refractivity contribution in [2.24, 2.45) is 0 Å². The fourth-order valence-corrected chi connectivity index (χ4v) is 2.78. The van der Waals surface area contributed by atoms with Crippen LogP contribution in [0.5, 0.6) is 0 Å². The Labute approximate surface area is 130 Å². The molecule has 0 radical (unpaired) electrons. The molecular weight excluding hydrogens is 286 g/mol. The van der Waals surface area contributed by atoms with Gasteiger partial charge in [-0.15, -0.1) is 0 Å². The molecule has 4 N–H and O–H groups in total. The minimum Gasteiger partial charge on any atom is -0.465 e. The topological polar surface area (TPSA) is 76.4 Å². The maximum absolute atomic E-state index is 11.5. The first-order valence-corrected chi connectivity index (χ1v) is 7.56. The Morgan fingerprint density at radius 2 is 2.05 bits per heavy atom. The highest BCUT2D eigenvalue weighted by molar-refractivity contribution is 7.80. The van der Waals surface area contributed by atoms with Crippen LogP contribution in [0.1, 0.15) is 42.5 Å². The zero-order valence-electron chi connectivity index (χ0n) is 12.1. The van der Waals surface area contributed by atoms with Gasteiger partial charge in [0.05, 0.1) is 24.0 Å². The van der Waals surface area contributed by atoms with Gasteiger partial charge < -0.3 is 21.1 Å². The molecule has 5 nitrogen and oxygen atoms in total. The van der Waals surface area contributed by atoms with E-state index in [2.05, 4.69) is 10.6 Å². The highest BCUT2D eigenvalue weighted by atomic mass is 32.1. The second-order valence-electron chi connectivity index (χ2n) is 5.23. The molecule has 0 heterocycles. The lowest BCUT2D eigenvalue weighted by atomic mass is 9.96. The van der Waals surface area contributed by atoms with Crippen molar-refractivity contribution in [1.29, 1.82) is 0 Å². The lowest BCUT2D eigenvalue weighted by Gasteiger charge is -2.24. The summed E-state index contributed by atoms with van der Waals surface area (Å²) in [5, 5.41) is 6.91. The summed E-state index contributed by atoms with van der Waals surface area (Å²) in [4.78, 5) is 11.5. The molecule has 1 fully saturated rings. The van der Waals surface area contributed by atoms with Crippen LogP contribution in [0.3, 0.4) is 0 Å². The van der Waals surface area contributed by atoms with Crippen LogP contribution in [0, 0.1) is 0 Å². The van der Waals surface area contributed by atoms with Crippen LogP contribution in [-0.4, -0.2) is 24.2 Å². The van der Waals surface area contributed by atoms with Crippen LogP contribution in [-0.2, 0) is 4.74 Å². The zero-order chi connectivity index (χ0) is 15.2. The molecule has 0 amide bonds. The monoisotopic (exact) mass is 307 g/mol. The summed E-state index contributed by atoms with van der Waals surface area (Å²) in [6.45, 7) is 0. The van der Waals surface area contributed by atoms with Crippen LogP contribution < -0.4 is 16.4 Å². The molecule has 0 unspecified atom stereocenters. The van der Waals surface area contributed by atoms with E-state index in [4.69, 9.17) is 22.7 Å². The number of ether oxygens (including phenoxy) is 1. The molecule has 0 aromatic heterocycles. The predicted molar refractivity (Wildman–Crippen MR) is 88.4 cm³/mol. The Hall–Kier alpha value is -1.82. The Kier molecular flexibility index (Phi) is 5.38. The van der Waals surface area contributed by atoms with Gasteiger partial charge in [-0.25, -0.2) is 4.79 Å². The van der Waals surface area contributed by atoms with Crippen molar-refractivity contribution in [1.82, 2.24) is 5.32 Å². The molecule has 2 rings (SSSR count). The number of methoxy groups -OCH3 is 1. The highest BCUT2D eigenvalue weighted by Gasteiger charge is 2.15. The van der Waals surface area contributed by atoms with E-state index in [0.29, 0.717) is 28.1 Å². The van der Waals surface area contributed by atoms with Crippen molar-refractivity contribution in [3.63, 3.8) is 0 Å². The van der Waals surface area contributed by atoms with Crippen molar-refractivity contribution in [3.05, 3.63) is 23.8 Å². The number of hydrogen-bond donors (Lipinski definition) is 3. The number of nitrogens with one attached hydrogen (secondary N) is 2. The minimum absolute atomic E-state index is 0.399. The molecule has 0 bridgehead atoms. The number of hydrogen-bond acceptors (Lipinski definition) is 4. The third-order valence-corrected chi connectivity index (χ3v) is 3.88. The molecule has 1 saturated carbocycles. The Balaban J connectivity index is 2.00. The zero-order valence-corrected chi connectivity index (χ0v) is 13.0. The summed E-state index contributed by atoms with van der Waals surface area (Å²) in [6.07, 6.45) is 6.05. The lowest BCUT2D eigenvalue weighted by Crippen LogP contribution is -2.39. The van der Waals surface area contributed by atoms with E-state index in [0.717, 1.165) is 12.8 Å². The standard InChI is InChI=1S/C15H21N3O2S/c1-20-14(19)10-7-8-12(16)13(9-10)18-15(21)17-11-5-3-2-4-6-11/h7-9,11H,2-6,16H2,1H3,(H2,17,18,21). The fourth-order valence-electron chi connectivity index (χ4n) is 2.50. The second-order valence-corrected chi connectivity index (χ2v) is 5.64.